The van der Waals surface area contributed by atoms with Crippen LogP contribution in [0.25, 0.3) is 11.2 Å². The number of rotatable bonds is 7. The number of fused-ring (bicyclic) bond motifs is 1. The summed E-state index contributed by atoms with van der Waals surface area (Å²) in [5.41, 5.74) is 2.60. The number of carbonyl (C=O) groups is 1. The summed E-state index contributed by atoms with van der Waals surface area (Å²) in [5, 5.41) is 2.83. The Labute approximate surface area is 174 Å². The SMILES string of the molecule is O=C(NCCCc1ccccc1)c1nc2cccnc2n(Cc2ccccc2)c1=O. The molecule has 2 aromatic carbocycles. The lowest BCUT2D eigenvalue weighted by atomic mass is 10.1. The predicted molar refractivity (Wildman–Crippen MR) is 116 cm³/mol. The van der Waals surface area contributed by atoms with Crippen molar-refractivity contribution in [3.05, 3.63) is 106 Å². The van der Waals surface area contributed by atoms with Crippen LogP contribution in [0.4, 0.5) is 0 Å². The van der Waals surface area contributed by atoms with Gasteiger partial charge in [0, 0.05) is 12.7 Å². The van der Waals surface area contributed by atoms with Crippen LogP contribution >= 0.6 is 0 Å². The zero-order valence-electron chi connectivity index (χ0n) is 16.5. The molecule has 0 atom stereocenters. The monoisotopic (exact) mass is 398 g/mol. The van der Waals surface area contributed by atoms with Gasteiger partial charge in [0.15, 0.2) is 11.3 Å². The first-order chi connectivity index (χ1) is 14.7. The van der Waals surface area contributed by atoms with Crippen LogP contribution in [-0.4, -0.2) is 27.0 Å². The van der Waals surface area contributed by atoms with Gasteiger partial charge in [-0.05, 0) is 36.1 Å². The Bertz CT molecular complexity index is 1200. The summed E-state index contributed by atoms with van der Waals surface area (Å²) in [4.78, 5) is 34.4. The molecule has 1 N–H and O–H groups in total. The van der Waals surface area contributed by atoms with E-state index >= 15 is 0 Å². The van der Waals surface area contributed by atoms with Crippen LogP contribution in [0.1, 0.15) is 28.0 Å². The number of nitrogens with zero attached hydrogens (tertiary/aromatic N) is 3. The van der Waals surface area contributed by atoms with Crippen molar-refractivity contribution in [2.24, 2.45) is 0 Å². The summed E-state index contributed by atoms with van der Waals surface area (Å²) < 4.78 is 1.51. The molecular formula is C24H22N4O2. The van der Waals surface area contributed by atoms with Crippen molar-refractivity contribution < 1.29 is 4.79 Å². The molecule has 150 valence electrons. The van der Waals surface area contributed by atoms with E-state index in [4.69, 9.17) is 0 Å². The Morgan fingerprint density at radius 3 is 2.33 bits per heavy atom. The number of benzene rings is 2. The van der Waals surface area contributed by atoms with Crippen LogP contribution < -0.4 is 10.9 Å². The molecule has 0 unspecified atom stereocenters. The van der Waals surface area contributed by atoms with Gasteiger partial charge in [0.25, 0.3) is 11.5 Å². The highest BCUT2D eigenvalue weighted by atomic mass is 16.2. The number of carbonyl (C=O) groups excluding carboxylic acids is 1. The normalized spacial score (nSPS) is 10.8. The van der Waals surface area contributed by atoms with Gasteiger partial charge in [-0.1, -0.05) is 60.7 Å². The lowest BCUT2D eigenvalue weighted by Gasteiger charge is -2.12. The largest absolute Gasteiger partial charge is 0.351 e. The number of aromatic nitrogens is 3. The van der Waals surface area contributed by atoms with E-state index in [1.54, 1.807) is 18.3 Å². The first-order valence-electron chi connectivity index (χ1n) is 9.94. The Kier molecular flexibility index (Phi) is 5.94. The van der Waals surface area contributed by atoms with E-state index in [1.165, 1.54) is 10.1 Å². The van der Waals surface area contributed by atoms with E-state index in [9.17, 15) is 9.59 Å². The lowest BCUT2D eigenvalue weighted by Crippen LogP contribution is -2.35. The molecule has 1 amide bonds. The number of nitrogens with one attached hydrogen (secondary N) is 1. The van der Waals surface area contributed by atoms with Crippen molar-refractivity contribution in [2.45, 2.75) is 19.4 Å². The molecule has 0 saturated heterocycles. The van der Waals surface area contributed by atoms with Gasteiger partial charge >= 0.3 is 0 Å². The minimum atomic E-state index is -0.458. The molecule has 30 heavy (non-hydrogen) atoms. The minimum Gasteiger partial charge on any atom is -0.351 e. The molecule has 4 aromatic rings. The van der Waals surface area contributed by atoms with Gasteiger partial charge < -0.3 is 5.32 Å². The summed E-state index contributed by atoms with van der Waals surface area (Å²) in [6, 6.07) is 23.2. The summed E-state index contributed by atoms with van der Waals surface area (Å²) >= 11 is 0. The van der Waals surface area contributed by atoms with Crippen molar-refractivity contribution in [3.63, 3.8) is 0 Å². The molecule has 0 aliphatic heterocycles. The molecule has 0 fully saturated rings. The zero-order valence-corrected chi connectivity index (χ0v) is 16.5. The smallest absolute Gasteiger partial charge is 0.284 e. The highest BCUT2D eigenvalue weighted by molar-refractivity contribution is 5.93. The van der Waals surface area contributed by atoms with Crippen molar-refractivity contribution in [1.29, 1.82) is 0 Å². The van der Waals surface area contributed by atoms with E-state index in [0.29, 0.717) is 24.3 Å². The molecule has 0 aliphatic rings. The second-order valence-electron chi connectivity index (χ2n) is 7.03. The highest BCUT2D eigenvalue weighted by Crippen LogP contribution is 2.10. The molecule has 6 heteroatoms. The van der Waals surface area contributed by atoms with Crippen LogP contribution in [0, 0.1) is 0 Å². The quantitative estimate of drug-likeness (QED) is 0.485. The number of aryl methyl sites for hydroxylation is 1. The number of hydrogen-bond acceptors (Lipinski definition) is 4. The van der Waals surface area contributed by atoms with Gasteiger partial charge in [0.2, 0.25) is 0 Å². The molecule has 2 aromatic heterocycles. The minimum absolute atomic E-state index is 0.105. The fraction of sp³-hybridized carbons (Fsp3) is 0.167. The average molecular weight is 398 g/mol. The van der Waals surface area contributed by atoms with Crippen LogP contribution in [0.5, 0.6) is 0 Å². The van der Waals surface area contributed by atoms with Gasteiger partial charge in [-0.25, -0.2) is 9.97 Å². The number of pyridine rings is 1. The van der Waals surface area contributed by atoms with Gasteiger partial charge in [-0.15, -0.1) is 0 Å². The number of amides is 1. The van der Waals surface area contributed by atoms with Crippen LogP contribution in [0.2, 0.25) is 0 Å². The van der Waals surface area contributed by atoms with E-state index in [0.717, 1.165) is 18.4 Å². The van der Waals surface area contributed by atoms with Gasteiger partial charge in [-0.2, -0.15) is 0 Å². The van der Waals surface area contributed by atoms with Crippen molar-refractivity contribution in [3.8, 4) is 0 Å². The molecule has 6 nitrogen and oxygen atoms in total. The predicted octanol–water partition coefficient (Wildman–Crippen LogP) is 3.20. The fourth-order valence-corrected chi connectivity index (χ4v) is 3.36. The van der Waals surface area contributed by atoms with E-state index in [-0.39, 0.29) is 5.69 Å². The average Bonchev–Trinajstić information content (AvgIpc) is 2.79. The second-order valence-corrected chi connectivity index (χ2v) is 7.03. The topological polar surface area (TPSA) is 76.9 Å². The molecular weight excluding hydrogens is 376 g/mol. The van der Waals surface area contributed by atoms with E-state index < -0.39 is 11.5 Å². The molecule has 0 saturated carbocycles. The lowest BCUT2D eigenvalue weighted by molar-refractivity contribution is 0.0946. The first-order valence-corrected chi connectivity index (χ1v) is 9.94. The third-order valence-corrected chi connectivity index (χ3v) is 4.87. The Morgan fingerprint density at radius 2 is 1.60 bits per heavy atom. The summed E-state index contributed by atoms with van der Waals surface area (Å²) in [5.74, 6) is -0.458. The summed E-state index contributed by atoms with van der Waals surface area (Å²) in [6.07, 6.45) is 3.26. The van der Waals surface area contributed by atoms with E-state index in [1.807, 2.05) is 48.5 Å². The Morgan fingerprint density at radius 1 is 0.900 bits per heavy atom. The van der Waals surface area contributed by atoms with Crippen molar-refractivity contribution in [2.75, 3.05) is 6.54 Å². The second kappa shape index (κ2) is 9.13. The van der Waals surface area contributed by atoms with Crippen LogP contribution in [0.15, 0.2) is 83.8 Å². The molecule has 0 aliphatic carbocycles. The maximum Gasteiger partial charge on any atom is 0.284 e. The Hall–Kier alpha value is -3.80. The van der Waals surface area contributed by atoms with E-state index in [2.05, 4.69) is 27.4 Å². The third kappa shape index (κ3) is 4.43. The molecule has 0 bridgehead atoms. The van der Waals surface area contributed by atoms with Crippen LogP contribution in [-0.2, 0) is 13.0 Å². The fourth-order valence-electron chi connectivity index (χ4n) is 3.36. The van der Waals surface area contributed by atoms with Crippen molar-refractivity contribution >= 4 is 17.1 Å². The zero-order chi connectivity index (χ0) is 20.8. The molecule has 2 heterocycles. The van der Waals surface area contributed by atoms with Gasteiger partial charge in [0.1, 0.15) is 5.52 Å². The van der Waals surface area contributed by atoms with Gasteiger partial charge in [-0.3, -0.25) is 14.2 Å². The van der Waals surface area contributed by atoms with Gasteiger partial charge in [0.05, 0.1) is 6.54 Å². The summed E-state index contributed by atoms with van der Waals surface area (Å²) in [6.45, 7) is 0.794. The van der Waals surface area contributed by atoms with Crippen molar-refractivity contribution in [1.82, 2.24) is 19.9 Å². The Balaban J connectivity index is 1.55. The number of hydrogen-bond donors (Lipinski definition) is 1. The summed E-state index contributed by atoms with van der Waals surface area (Å²) in [7, 11) is 0. The highest BCUT2D eigenvalue weighted by Gasteiger charge is 2.18. The maximum atomic E-state index is 13.1. The molecule has 0 spiro atoms. The first kappa shape index (κ1) is 19.5. The molecule has 0 radical (unpaired) electrons. The third-order valence-electron chi connectivity index (χ3n) is 4.87. The van der Waals surface area contributed by atoms with Crippen LogP contribution in [0.3, 0.4) is 0 Å². The maximum absolute atomic E-state index is 13.1. The molecule has 4 rings (SSSR count). The standard InChI is InChI=1S/C24H22N4O2/c29-23(26-16-7-13-18-9-3-1-4-10-18)21-24(30)28(17-19-11-5-2-6-12-19)22-20(27-21)14-8-15-25-22/h1-6,8-12,14-15H,7,13,16-17H2,(H,26,29).